The summed E-state index contributed by atoms with van der Waals surface area (Å²) in [6, 6.07) is 17.4. The molecule has 1 aromatic heterocycles. The first-order valence-corrected chi connectivity index (χ1v) is 16.9. The van der Waals surface area contributed by atoms with Crippen LogP contribution in [0.25, 0.3) is 22.4 Å². The molecule has 49 heavy (non-hydrogen) atoms. The molecule has 0 saturated heterocycles. The van der Waals surface area contributed by atoms with Crippen LogP contribution in [0, 0.1) is 0 Å². The van der Waals surface area contributed by atoms with Crippen molar-refractivity contribution in [1.82, 2.24) is 14.4 Å². The molecular formula is C39H47N3O7. The van der Waals surface area contributed by atoms with Crippen LogP contribution in [-0.2, 0) is 19.4 Å². The Balaban J connectivity index is 1.88. The van der Waals surface area contributed by atoms with Crippen molar-refractivity contribution in [3.63, 3.8) is 0 Å². The molecule has 2 amide bonds. The second kappa shape index (κ2) is 15.4. The van der Waals surface area contributed by atoms with Crippen LogP contribution in [0.15, 0.2) is 54.6 Å². The highest BCUT2D eigenvalue weighted by atomic mass is 16.6. The van der Waals surface area contributed by atoms with Gasteiger partial charge in [0.2, 0.25) is 0 Å². The molecule has 1 aliphatic heterocycles. The first kappa shape index (κ1) is 35.2. The second-order valence-corrected chi connectivity index (χ2v) is 11.7. The second-order valence-electron chi connectivity index (χ2n) is 11.7. The van der Waals surface area contributed by atoms with E-state index in [1.165, 1.54) is 0 Å². The zero-order valence-corrected chi connectivity index (χ0v) is 29.8. The lowest BCUT2D eigenvalue weighted by atomic mass is 9.90. The number of benzene rings is 3. The number of hydrogen-bond donors (Lipinski definition) is 0. The van der Waals surface area contributed by atoms with Gasteiger partial charge in [0.25, 0.3) is 5.91 Å². The molecule has 4 aromatic rings. The highest BCUT2D eigenvalue weighted by Gasteiger charge is 2.35. The van der Waals surface area contributed by atoms with Gasteiger partial charge in [-0.05, 0) is 81.1 Å². The van der Waals surface area contributed by atoms with Gasteiger partial charge in [0, 0.05) is 55.8 Å². The maximum absolute atomic E-state index is 14.7. The lowest BCUT2D eigenvalue weighted by Crippen LogP contribution is -2.33. The fourth-order valence-electron chi connectivity index (χ4n) is 6.73. The van der Waals surface area contributed by atoms with E-state index in [0.29, 0.717) is 85.6 Å². The van der Waals surface area contributed by atoms with Crippen molar-refractivity contribution >= 4 is 12.0 Å². The molecule has 0 saturated carbocycles. The molecule has 1 aliphatic rings. The standard InChI is InChI=1S/C39H47N3O7/c1-9-40(10-2)38(43)37-35(27-15-13-14-16-30(27)49-39(44)41(11-3)12-4)29(21-25-17-18-31(45-5)32(22-25)46-6)36-28-24-34(48-8)33(47-7)23-26(28)19-20-42(36)37/h13-18,22-24H,9-12,19-21H2,1-8H3. The molecule has 10 nitrogen and oxygen atoms in total. The molecular weight excluding hydrogens is 622 g/mol. The third-order valence-corrected chi connectivity index (χ3v) is 9.29. The topological polar surface area (TPSA) is 91.7 Å². The molecule has 2 heterocycles. The predicted molar refractivity (Wildman–Crippen MR) is 191 cm³/mol. The third kappa shape index (κ3) is 6.64. The zero-order chi connectivity index (χ0) is 35.2. The number of ether oxygens (including phenoxy) is 5. The number of fused-ring (bicyclic) bond motifs is 3. The summed E-state index contributed by atoms with van der Waals surface area (Å²) in [6.45, 7) is 10.5. The van der Waals surface area contributed by atoms with Gasteiger partial charge in [-0.3, -0.25) is 4.79 Å². The van der Waals surface area contributed by atoms with Crippen molar-refractivity contribution in [2.75, 3.05) is 54.6 Å². The van der Waals surface area contributed by atoms with Crippen LogP contribution in [0.3, 0.4) is 0 Å². The Morgan fingerprint density at radius 1 is 0.694 bits per heavy atom. The SMILES string of the molecule is CCN(CC)C(=O)Oc1ccccc1-c1c(Cc2ccc(OC)c(OC)c2)c2n(c1C(=O)N(CC)CC)CCc1cc(OC)c(OC)cc1-2. The predicted octanol–water partition coefficient (Wildman–Crippen LogP) is 7.33. The first-order chi connectivity index (χ1) is 23.8. The van der Waals surface area contributed by atoms with Crippen LogP contribution < -0.4 is 23.7 Å². The normalized spacial score (nSPS) is 11.7. The van der Waals surface area contributed by atoms with Crippen LogP contribution >= 0.6 is 0 Å². The number of para-hydroxylation sites is 1. The maximum Gasteiger partial charge on any atom is 0.415 e. The Morgan fingerprint density at radius 3 is 1.94 bits per heavy atom. The van der Waals surface area contributed by atoms with Gasteiger partial charge in [-0.15, -0.1) is 0 Å². The molecule has 5 rings (SSSR count). The summed E-state index contributed by atoms with van der Waals surface area (Å²) in [5.41, 5.74) is 6.78. The van der Waals surface area contributed by atoms with Gasteiger partial charge in [0.1, 0.15) is 11.4 Å². The van der Waals surface area contributed by atoms with E-state index in [1.807, 2.05) is 81.1 Å². The summed E-state index contributed by atoms with van der Waals surface area (Å²) >= 11 is 0. The number of amides is 2. The number of hydrogen-bond acceptors (Lipinski definition) is 7. The highest BCUT2D eigenvalue weighted by molar-refractivity contribution is 6.04. The highest BCUT2D eigenvalue weighted by Crippen LogP contribution is 2.48. The molecule has 0 unspecified atom stereocenters. The molecule has 260 valence electrons. The van der Waals surface area contributed by atoms with E-state index in [-0.39, 0.29) is 5.91 Å². The molecule has 0 bridgehead atoms. The van der Waals surface area contributed by atoms with Crippen molar-refractivity contribution in [2.45, 2.75) is 47.1 Å². The van der Waals surface area contributed by atoms with Crippen molar-refractivity contribution in [3.8, 4) is 51.1 Å². The van der Waals surface area contributed by atoms with E-state index in [1.54, 1.807) is 39.4 Å². The van der Waals surface area contributed by atoms with Crippen molar-refractivity contribution in [1.29, 1.82) is 0 Å². The van der Waals surface area contributed by atoms with Crippen LogP contribution in [0.1, 0.15) is 54.9 Å². The molecule has 0 radical (unpaired) electrons. The van der Waals surface area contributed by atoms with E-state index in [9.17, 15) is 9.59 Å². The summed E-state index contributed by atoms with van der Waals surface area (Å²) in [4.78, 5) is 31.5. The number of carbonyl (C=O) groups is 2. The lowest BCUT2D eigenvalue weighted by Gasteiger charge is -2.26. The van der Waals surface area contributed by atoms with Gasteiger partial charge in [-0.25, -0.2) is 4.79 Å². The van der Waals surface area contributed by atoms with Gasteiger partial charge in [0.05, 0.1) is 34.1 Å². The lowest BCUT2D eigenvalue weighted by molar-refractivity contribution is 0.0763. The minimum Gasteiger partial charge on any atom is -0.493 e. The summed E-state index contributed by atoms with van der Waals surface area (Å²) < 4.78 is 30.9. The average molecular weight is 670 g/mol. The fraction of sp³-hybridized carbons (Fsp3) is 0.385. The van der Waals surface area contributed by atoms with Crippen molar-refractivity contribution in [3.05, 3.63) is 77.0 Å². The van der Waals surface area contributed by atoms with E-state index in [2.05, 4.69) is 4.57 Å². The summed E-state index contributed by atoms with van der Waals surface area (Å²) in [5, 5.41) is 0. The van der Waals surface area contributed by atoms with E-state index >= 15 is 0 Å². The van der Waals surface area contributed by atoms with E-state index in [4.69, 9.17) is 23.7 Å². The summed E-state index contributed by atoms with van der Waals surface area (Å²) in [5.74, 6) is 2.77. The molecule has 0 aliphatic carbocycles. The number of rotatable bonds is 13. The Hall–Kier alpha value is -5.12. The van der Waals surface area contributed by atoms with Crippen molar-refractivity contribution in [2.24, 2.45) is 0 Å². The van der Waals surface area contributed by atoms with Crippen molar-refractivity contribution < 1.29 is 33.3 Å². The number of carbonyl (C=O) groups excluding carboxylic acids is 2. The van der Waals surface area contributed by atoms with Crippen LogP contribution in [0.4, 0.5) is 4.79 Å². The smallest absolute Gasteiger partial charge is 0.415 e. The van der Waals surface area contributed by atoms with Gasteiger partial charge < -0.3 is 38.1 Å². The summed E-state index contributed by atoms with van der Waals surface area (Å²) in [6.07, 6.45) is 0.688. The largest absolute Gasteiger partial charge is 0.493 e. The molecule has 0 fully saturated rings. The Kier molecular flexibility index (Phi) is 11.1. The summed E-state index contributed by atoms with van der Waals surface area (Å²) in [7, 11) is 6.48. The van der Waals surface area contributed by atoms with E-state index < -0.39 is 6.09 Å². The van der Waals surface area contributed by atoms with E-state index in [0.717, 1.165) is 33.5 Å². The molecule has 0 atom stereocenters. The van der Waals surface area contributed by atoms with Gasteiger partial charge in [-0.2, -0.15) is 0 Å². The maximum atomic E-state index is 14.7. The Bertz CT molecular complexity index is 1820. The zero-order valence-electron chi connectivity index (χ0n) is 29.8. The molecule has 10 heteroatoms. The monoisotopic (exact) mass is 669 g/mol. The number of aromatic nitrogens is 1. The average Bonchev–Trinajstić information content (AvgIpc) is 3.45. The quantitative estimate of drug-likeness (QED) is 0.147. The number of methoxy groups -OCH3 is 4. The molecule has 0 spiro atoms. The van der Waals surface area contributed by atoms with Crippen LogP contribution in [0.2, 0.25) is 0 Å². The van der Waals surface area contributed by atoms with Gasteiger partial charge in [-0.1, -0.05) is 24.3 Å². The minimum absolute atomic E-state index is 0.0892. The van der Waals surface area contributed by atoms with Gasteiger partial charge in [0.15, 0.2) is 23.0 Å². The molecule has 0 N–H and O–H groups in total. The first-order valence-electron chi connectivity index (χ1n) is 16.9. The Labute approximate surface area is 289 Å². The minimum atomic E-state index is -0.443. The fourth-order valence-corrected chi connectivity index (χ4v) is 6.73. The number of nitrogens with zero attached hydrogens (tertiary/aromatic N) is 3. The van der Waals surface area contributed by atoms with Crippen LogP contribution in [-0.4, -0.2) is 81.0 Å². The number of aryl methyl sites for hydroxylation is 1. The van der Waals surface area contributed by atoms with Gasteiger partial charge >= 0.3 is 6.09 Å². The third-order valence-electron chi connectivity index (χ3n) is 9.29. The Morgan fingerprint density at radius 2 is 1.31 bits per heavy atom. The molecule has 3 aromatic carbocycles. The van der Waals surface area contributed by atoms with Crippen LogP contribution in [0.5, 0.6) is 28.7 Å².